The summed E-state index contributed by atoms with van der Waals surface area (Å²) in [6.07, 6.45) is 1.66. The largest absolute Gasteiger partial charge is 0.508 e. The summed E-state index contributed by atoms with van der Waals surface area (Å²) >= 11 is 0. The van der Waals surface area contributed by atoms with Crippen molar-refractivity contribution in [1.29, 1.82) is 0 Å². The van der Waals surface area contributed by atoms with Crippen LogP contribution < -0.4 is 5.56 Å². The van der Waals surface area contributed by atoms with Gasteiger partial charge in [-0.3, -0.25) is 4.79 Å². The van der Waals surface area contributed by atoms with Crippen molar-refractivity contribution in [2.45, 2.75) is 6.61 Å². The lowest BCUT2D eigenvalue weighted by Crippen LogP contribution is -2.15. The van der Waals surface area contributed by atoms with E-state index >= 15 is 0 Å². The zero-order valence-electron chi connectivity index (χ0n) is 8.27. The molecule has 0 bridgehead atoms. The molecular formula is C11H11NO3. The molecule has 4 heteroatoms. The van der Waals surface area contributed by atoms with Gasteiger partial charge in [0.25, 0.3) is 5.56 Å². The molecule has 78 valence electrons. The summed E-state index contributed by atoms with van der Waals surface area (Å²) in [4.78, 5) is 11.7. The van der Waals surface area contributed by atoms with E-state index in [0.29, 0.717) is 10.9 Å². The van der Waals surface area contributed by atoms with E-state index in [1.807, 2.05) is 0 Å². The van der Waals surface area contributed by atoms with Crippen molar-refractivity contribution in [3.63, 3.8) is 0 Å². The van der Waals surface area contributed by atoms with Crippen LogP contribution in [0.3, 0.4) is 0 Å². The highest BCUT2D eigenvalue weighted by molar-refractivity contribution is 5.83. The van der Waals surface area contributed by atoms with Gasteiger partial charge in [0.1, 0.15) is 5.75 Å². The Bertz CT molecular complexity index is 572. The first-order chi connectivity index (χ1) is 7.13. The number of aliphatic hydroxyl groups is 1. The molecule has 1 aromatic carbocycles. The third-order valence-electron chi connectivity index (χ3n) is 2.45. The van der Waals surface area contributed by atoms with E-state index in [4.69, 9.17) is 5.11 Å². The average molecular weight is 205 g/mol. The van der Waals surface area contributed by atoms with Crippen LogP contribution >= 0.6 is 0 Å². The quantitative estimate of drug-likeness (QED) is 0.721. The zero-order chi connectivity index (χ0) is 11.0. The van der Waals surface area contributed by atoms with Crippen LogP contribution in [-0.4, -0.2) is 14.8 Å². The number of hydrogen-bond donors (Lipinski definition) is 2. The molecule has 15 heavy (non-hydrogen) atoms. The summed E-state index contributed by atoms with van der Waals surface area (Å²) in [6, 6.07) is 4.78. The Labute approximate surface area is 86.0 Å². The molecule has 0 aliphatic rings. The molecule has 0 atom stereocenters. The van der Waals surface area contributed by atoms with Crippen molar-refractivity contribution in [2.24, 2.45) is 7.05 Å². The SMILES string of the molecule is Cn1ccc2cc(CO)c(O)cc2c1=O. The summed E-state index contributed by atoms with van der Waals surface area (Å²) in [5, 5.41) is 19.6. The maximum absolute atomic E-state index is 11.7. The van der Waals surface area contributed by atoms with Gasteiger partial charge in [0, 0.05) is 18.8 Å². The lowest BCUT2D eigenvalue weighted by Gasteiger charge is -2.05. The normalized spacial score (nSPS) is 10.8. The molecule has 1 heterocycles. The number of phenols is 1. The fourth-order valence-electron chi connectivity index (χ4n) is 1.55. The molecule has 2 aromatic rings. The van der Waals surface area contributed by atoms with Crippen molar-refractivity contribution in [2.75, 3.05) is 0 Å². The van der Waals surface area contributed by atoms with E-state index < -0.39 is 0 Å². The van der Waals surface area contributed by atoms with Gasteiger partial charge in [-0.2, -0.15) is 0 Å². The number of nitrogens with zero attached hydrogens (tertiary/aromatic N) is 1. The third kappa shape index (κ3) is 1.49. The van der Waals surface area contributed by atoms with Gasteiger partial charge in [-0.25, -0.2) is 0 Å². The first-order valence-electron chi connectivity index (χ1n) is 4.55. The van der Waals surface area contributed by atoms with Crippen LogP contribution in [0.2, 0.25) is 0 Å². The summed E-state index contributed by atoms with van der Waals surface area (Å²) in [5.41, 5.74) is 0.267. The van der Waals surface area contributed by atoms with Gasteiger partial charge >= 0.3 is 0 Å². The first-order valence-corrected chi connectivity index (χ1v) is 4.55. The van der Waals surface area contributed by atoms with Gasteiger partial charge in [-0.15, -0.1) is 0 Å². The fraction of sp³-hybridized carbons (Fsp3) is 0.182. The minimum atomic E-state index is -0.239. The lowest BCUT2D eigenvalue weighted by molar-refractivity contribution is 0.276. The smallest absolute Gasteiger partial charge is 0.258 e. The molecule has 0 spiro atoms. The highest BCUT2D eigenvalue weighted by Crippen LogP contribution is 2.22. The minimum Gasteiger partial charge on any atom is -0.508 e. The molecule has 0 aliphatic carbocycles. The zero-order valence-corrected chi connectivity index (χ0v) is 8.27. The lowest BCUT2D eigenvalue weighted by atomic mass is 10.1. The van der Waals surface area contributed by atoms with E-state index in [-0.39, 0.29) is 17.9 Å². The van der Waals surface area contributed by atoms with Crippen LogP contribution in [0.1, 0.15) is 5.56 Å². The second-order valence-corrected chi connectivity index (χ2v) is 3.46. The van der Waals surface area contributed by atoms with E-state index in [2.05, 4.69) is 0 Å². The molecule has 0 unspecified atom stereocenters. The Morgan fingerprint density at radius 2 is 2.13 bits per heavy atom. The number of aromatic nitrogens is 1. The molecule has 4 nitrogen and oxygen atoms in total. The standard InChI is InChI=1S/C11H11NO3/c1-12-3-2-7-4-8(6-13)10(14)5-9(7)11(12)15/h2-5,13-14H,6H2,1H3. The minimum absolute atomic E-state index is 0.0479. The fourth-order valence-corrected chi connectivity index (χ4v) is 1.55. The Morgan fingerprint density at radius 1 is 1.40 bits per heavy atom. The second-order valence-electron chi connectivity index (χ2n) is 3.46. The molecule has 0 radical (unpaired) electrons. The number of pyridine rings is 1. The van der Waals surface area contributed by atoms with Gasteiger partial charge in [0.05, 0.1) is 12.0 Å². The topological polar surface area (TPSA) is 62.5 Å². The molecule has 0 amide bonds. The number of aryl methyl sites for hydroxylation is 1. The van der Waals surface area contributed by atoms with Crippen LogP contribution in [0, 0.1) is 0 Å². The highest BCUT2D eigenvalue weighted by Gasteiger charge is 2.06. The van der Waals surface area contributed by atoms with E-state index in [9.17, 15) is 9.90 Å². The predicted octanol–water partition coefficient (Wildman–Crippen LogP) is 0.736. The number of aliphatic hydroxyl groups excluding tert-OH is 1. The Kier molecular flexibility index (Phi) is 2.21. The van der Waals surface area contributed by atoms with Crippen molar-refractivity contribution in [3.8, 4) is 5.75 Å². The molecule has 0 aliphatic heterocycles. The van der Waals surface area contributed by atoms with Crippen LogP contribution in [0.25, 0.3) is 10.8 Å². The highest BCUT2D eigenvalue weighted by atomic mass is 16.3. The summed E-state index contributed by atoms with van der Waals surface area (Å²) in [5.74, 6) is -0.0479. The average Bonchev–Trinajstić information content (AvgIpc) is 2.24. The summed E-state index contributed by atoms with van der Waals surface area (Å²) in [6.45, 7) is -0.239. The van der Waals surface area contributed by atoms with E-state index in [0.717, 1.165) is 5.39 Å². The number of hydrogen-bond acceptors (Lipinski definition) is 3. The van der Waals surface area contributed by atoms with Crippen molar-refractivity contribution in [1.82, 2.24) is 4.57 Å². The van der Waals surface area contributed by atoms with Crippen LogP contribution in [0.4, 0.5) is 0 Å². The maximum Gasteiger partial charge on any atom is 0.258 e. The van der Waals surface area contributed by atoms with Gasteiger partial charge in [-0.1, -0.05) is 0 Å². The number of aromatic hydroxyl groups is 1. The van der Waals surface area contributed by atoms with Gasteiger partial charge in [0.15, 0.2) is 0 Å². The van der Waals surface area contributed by atoms with Gasteiger partial charge < -0.3 is 14.8 Å². The van der Waals surface area contributed by atoms with Crippen LogP contribution in [0.5, 0.6) is 5.75 Å². The Morgan fingerprint density at radius 3 is 2.80 bits per heavy atom. The molecule has 2 rings (SSSR count). The predicted molar refractivity (Wildman–Crippen MR) is 56.8 cm³/mol. The molecular weight excluding hydrogens is 194 g/mol. The molecule has 0 saturated carbocycles. The van der Waals surface area contributed by atoms with Crippen molar-refractivity contribution < 1.29 is 10.2 Å². The van der Waals surface area contributed by atoms with E-state index in [1.165, 1.54) is 10.6 Å². The van der Waals surface area contributed by atoms with Crippen LogP contribution in [0.15, 0.2) is 29.2 Å². The third-order valence-corrected chi connectivity index (χ3v) is 2.45. The summed E-state index contributed by atoms with van der Waals surface area (Å²) in [7, 11) is 1.65. The monoisotopic (exact) mass is 205 g/mol. The second kappa shape index (κ2) is 3.40. The van der Waals surface area contributed by atoms with Gasteiger partial charge in [-0.05, 0) is 23.6 Å². The van der Waals surface area contributed by atoms with Crippen LogP contribution in [-0.2, 0) is 13.7 Å². The maximum atomic E-state index is 11.7. The van der Waals surface area contributed by atoms with Gasteiger partial charge in [0.2, 0.25) is 0 Å². The Hall–Kier alpha value is -1.81. The Balaban J connectivity index is 2.88. The first kappa shape index (κ1) is 9.73. The van der Waals surface area contributed by atoms with E-state index in [1.54, 1.807) is 25.4 Å². The molecule has 2 N–H and O–H groups in total. The number of benzene rings is 1. The van der Waals surface area contributed by atoms with Crippen molar-refractivity contribution >= 4 is 10.8 Å². The summed E-state index contributed by atoms with van der Waals surface area (Å²) < 4.78 is 1.44. The molecule has 0 saturated heterocycles. The molecule has 0 fully saturated rings. The van der Waals surface area contributed by atoms with Crippen molar-refractivity contribution in [3.05, 3.63) is 40.3 Å². The number of fused-ring (bicyclic) bond motifs is 1. The number of rotatable bonds is 1. The molecule has 1 aromatic heterocycles.